The molecule has 12 aromatic heterocycles. The van der Waals surface area contributed by atoms with E-state index in [9.17, 15) is 19.2 Å². The topological polar surface area (TPSA) is 433 Å². The van der Waals surface area contributed by atoms with Crippen LogP contribution >= 0.6 is 45.3 Å². The van der Waals surface area contributed by atoms with Crippen LogP contribution in [-0.2, 0) is 68.2 Å². The molecule has 1 fully saturated rings. The third kappa shape index (κ3) is 12.3. The molecule has 0 aliphatic heterocycles. The van der Waals surface area contributed by atoms with Crippen molar-refractivity contribution in [3.8, 4) is 44.0 Å². The number of ether oxygens (including phenoxy) is 4. The predicted molar refractivity (Wildman–Crippen MR) is 278 cm³/mol. The van der Waals surface area contributed by atoms with Gasteiger partial charge in [-0.25, -0.2) is 53.2 Å². The lowest BCUT2D eigenvalue weighted by Gasteiger charge is -2.06. The zero-order valence-electron chi connectivity index (χ0n) is 47.1. The number of nitrogens with zero attached hydrogens (tertiary/aromatic N) is 31. The van der Waals surface area contributed by atoms with Gasteiger partial charge in [0.25, 0.3) is 20.8 Å². The fraction of sp³-hybridized carbons (Fsp3) is 0.368. The summed E-state index contributed by atoms with van der Waals surface area (Å²) >= 11 is 4.88. The standard InChI is InChI=1S/C11H12N8O2S.C10H12N8O2S.C9H10N8O2S.C8H8N8O2S/c1-17-11(20)19(16-15-17)9-8(6-21-10-12-4-5-22-10)18(14-13-9)7-2-3-7;1-3-17-7(6-20-9-11-4-5-21-9)8(12-13-17)18-10(19)16(2)14-15-18;1-15-6(5-19-8-10-3-4-20-8)7(11-12-15)17-9(18)16(2)13-14-17;1-15-8(17)16(14-13-15)6-5(10-12-11-6)4-18-7-9-2-3-19-7/h4-5,7H,2-3,6H2,1H3;4-5H,3,6H2,1-2H3;3-4H,5H2,1-2H3;2-3H,4H2,1H3,(H,10,11,12)/i2*4T;3T;2T. The SMILES string of the molecule is [3H]c1csc(OCc2c(-n3nnn(C)c3=O)nnn2C)n1.[3H]c1csc(OCc2c(-n3nnn(C)c3=O)nnn2C2CC2)n1.[3H]c1csc(OCc2c(-n3nnn(C)c3=O)nnn2CC)n1.[3H]c1csc(OCc2n[nH]nc2-n2nnn(C)c2=O)n1. The minimum absolute atomic E-state index is 0.0435. The average molecular weight is 1210 g/mol. The molecule has 13 rings (SSSR count). The highest BCUT2D eigenvalue weighted by Crippen LogP contribution is 2.36. The first-order valence-corrected chi connectivity index (χ1v) is 26.8. The van der Waals surface area contributed by atoms with Crippen molar-refractivity contribution in [1.29, 1.82) is 0 Å². The first-order valence-electron chi connectivity index (χ1n) is 25.3. The summed E-state index contributed by atoms with van der Waals surface area (Å²) in [6.45, 7) is 2.83. The molecular formula is C38H42N32O8S4. The van der Waals surface area contributed by atoms with Gasteiger partial charge in [-0.2, -0.15) is 29.0 Å². The number of aromatic nitrogens is 32. The molecule has 0 atom stereocenters. The van der Waals surface area contributed by atoms with Crippen LogP contribution in [0.15, 0.2) is 65.4 Å². The number of hydrogen-bond acceptors (Lipinski definition) is 32. The Labute approximate surface area is 476 Å². The van der Waals surface area contributed by atoms with Crippen LogP contribution < -0.4 is 41.7 Å². The molecule has 0 saturated heterocycles. The van der Waals surface area contributed by atoms with Crippen molar-refractivity contribution >= 4 is 45.3 Å². The quantitative estimate of drug-likeness (QED) is 0.0951. The third-order valence-corrected chi connectivity index (χ3v) is 13.3. The Bertz CT molecular complexity index is 4500. The summed E-state index contributed by atoms with van der Waals surface area (Å²) in [4.78, 5) is 63.1. The molecule has 44 heteroatoms. The van der Waals surface area contributed by atoms with Crippen LogP contribution in [0, 0.1) is 0 Å². The third-order valence-electron chi connectivity index (χ3n) is 10.8. The van der Waals surface area contributed by atoms with E-state index in [0.29, 0.717) is 55.9 Å². The van der Waals surface area contributed by atoms with E-state index < -0.39 is 22.8 Å². The number of thiazole rings is 4. The van der Waals surface area contributed by atoms with Crippen LogP contribution in [0.3, 0.4) is 0 Å². The molecule has 40 nitrogen and oxygen atoms in total. The van der Waals surface area contributed by atoms with Gasteiger partial charge in [0.1, 0.15) is 49.2 Å². The molecule has 1 N–H and O–H groups in total. The predicted octanol–water partition coefficient (Wildman–Crippen LogP) is -2.21. The maximum atomic E-state index is 12.0. The van der Waals surface area contributed by atoms with Crippen LogP contribution in [0.1, 0.15) is 54.1 Å². The summed E-state index contributed by atoms with van der Waals surface area (Å²) < 4.78 is 64.9. The second kappa shape index (κ2) is 24.8. The lowest BCUT2D eigenvalue weighted by atomic mass is 10.4. The van der Waals surface area contributed by atoms with Crippen molar-refractivity contribution in [2.75, 3.05) is 0 Å². The molecule has 0 amide bonds. The minimum Gasteiger partial charge on any atom is -0.463 e. The molecule has 12 heterocycles. The Balaban J connectivity index is 0.000000127. The van der Waals surface area contributed by atoms with Gasteiger partial charge in [-0.05, 0) is 61.5 Å². The Hall–Kier alpha value is -10.2. The highest BCUT2D eigenvalue weighted by Gasteiger charge is 2.31. The van der Waals surface area contributed by atoms with E-state index in [1.54, 1.807) is 37.9 Å². The Morgan fingerprint density at radius 1 is 0.476 bits per heavy atom. The van der Waals surface area contributed by atoms with E-state index in [0.717, 1.165) is 50.3 Å². The Kier molecular flexibility index (Phi) is 15.1. The fourth-order valence-corrected chi connectivity index (χ4v) is 8.35. The number of nitrogens with one attached hydrogen (secondary N) is 1. The summed E-state index contributed by atoms with van der Waals surface area (Å²) in [5.41, 5.74) is 0.434. The van der Waals surface area contributed by atoms with E-state index in [4.69, 9.17) is 24.4 Å². The van der Waals surface area contributed by atoms with Crippen molar-refractivity contribution in [2.45, 2.75) is 58.8 Å². The molecule has 1 aliphatic carbocycles. The lowest BCUT2D eigenvalue weighted by molar-refractivity contribution is 0.289. The smallest absolute Gasteiger partial charge is 0.369 e. The van der Waals surface area contributed by atoms with E-state index in [-0.39, 0.29) is 74.6 Å². The average Bonchev–Trinajstić information content (AvgIpc) is 2.22. The molecule has 82 heavy (non-hydrogen) atoms. The summed E-state index contributed by atoms with van der Waals surface area (Å²) in [5, 5.41) is 71.3. The van der Waals surface area contributed by atoms with Gasteiger partial charge in [0, 0.05) is 88.0 Å². The summed E-state index contributed by atoms with van der Waals surface area (Å²) in [6, 6.07) is 0.269. The molecule has 1 aliphatic rings. The molecule has 0 spiro atoms. The first kappa shape index (κ1) is 50.0. The zero-order chi connectivity index (χ0) is 60.8. The van der Waals surface area contributed by atoms with Crippen LogP contribution in [0.2, 0.25) is 0 Å². The van der Waals surface area contributed by atoms with Gasteiger partial charge >= 0.3 is 22.8 Å². The summed E-state index contributed by atoms with van der Waals surface area (Å²) in [7, 11) is 7.65. The van der Waals surface area contributed by atoms with Crippen molar-refractivity contribution in [2.24, 2.45) is 35.2 Å². The fourth-order valence-electron chi connectivity index (χ4n) is 6.60. The van der Waals surface area contributed by atoms with E-state index in [2.05, 4.69) is 108 Å². The number of aromatic amines is 1. The second-order valence-corrected chi connectivity index (χ2v) is 19.4. The Morgan fingerprint density at radius 3 is 1.28 bits per heavy atom. The van der Waals surface area contributed by atoms with Gasteiger partial charge in [-0.1, -0.05) is 61.0 Å². The van der Waals surface area contributed by atoms with Crippen LogP contribution in [0.4, 0.5) is 0 Å². The molecule has 426 valence electrons. The van der Waals surface area contributed by atoms with E-state index >= 15 is 0 Å². The van der Waals surface area contributed by atoms with Gasteiger partial charge in [0.2, 0.25) is 23.3 Å². The van der Waals surface area contributed by atoms with E-state index in [1.807, 2.05) is 6.92 Å². The van der Waals surface area contributed by atoms with Gasteiger partial charge in [0.15, 0.2) is 0 Å². The first-order chi connectivity index (χ1) is 41.4. The van der Waals surface area contributed by atoms with Crippen molar-refractivity contribution in [1.82, 2.24) is 159 Å². The molecule has 12 aromatic rings. The normalized spacial score (nSPS) is 12.5. The Morgan fingerprint density at radius 2 is 0.866 bits per heavy atom. The highest BCUT2D eigenvalue weighted by molar-refractivity contribution is 7.12. The number of rotatable bonds is 18. The number of hydrogen-bond donors (Lipinski definition) is 1. The maximum Gasteiger partial charge on any atom is 0.369 e. The van der Waals surface area contributed by atoms with Crippen LogP contribution in [-0.4, -0.2) is 159 Å². The second-order valence-electron chi connectivity index (χ2n) is 16.1. The molecule has 0 aromatic carbocycles. The van der Waals surface area contributed by atoms with Gasteiger partial charge < -0.3 is 18.9 Å². The zero-order valence-corrected chi connectivity index (χ0v) is 46.4. The van der Waals surface area contributed by atoms with E-state index in [1.165, 1.54) is 78.2 Å². The molecule has 0 bridgehead atoms. The van der Waals surface area contributed by atoms with Crippen molar-refractivity contribution < 1.29 is 24.4 Å². The van der Waals surface area contributed by atoms with Crippen molar-refractivity contribution in [3.05, 3.63) is 111 Å². The number of H-pyrrole nitrogens is 1. The molecule has 0 radical (unpaired) electrons. The summed E-state index contributed by atoms with van der Waals surface area (Å²) in [6.07, 6.45) is 2.61. The van der Waals surface area contributed by atoms with Crippen LogP contribution in [0.5, 0.6) is 20.8 Å². The van der Waals surface area contributed by atoms with Crippen molar-refractivity contribution in [3.63, 3.8) is 0 Å². The molecule has 0 unspecified atom stereocenters. The van der Waals surface area contributed by atoms with Crippen LogP contribution in [0.25, 0.3) is 23.3 Å². The largest absolute Gasteiger partial charge is 0.463 e. The minimum atomic E-state index is -0.442. The number of tetrazole rings is 4. The monoisotopic (exact) mass is 1210 g/mol. The number of aryl methyl sites for hydroxylation is 6. The maximum absolute atomic E-state index is 12.0. The molecule has 1 saturated carbocycles. The molecular weight excluding hydrogens is 1160 g/mol. The van der Waals surface area contributed by atoms with Gasteiger partial charge in [-0.15, -0.1) is 39.1 Å². The highest BCUT2D eigenvalue weighted by atomic mass is 32.1. The lowest BCUT2D eigenvalue weighted by Crippen LogP contribution is -2.23. The van der Waals surface area contributed by atoms with Gasteiger partial charge in [-0.3, -0.25) is 0 Å². The summed E-state index contributed by atoms with van der Waals surface area (Å²) in [5.74, 6) is 1.03. The van der Waals surface area contributed by atoms with Gasteiger partial charge in [0.05, 0.1) is 11.5 Å².